The van der Waals surface area contributed by atoms with Crippen LogP contribution in [0.2, 0.25) is 0 Å². The number of carbonyl (C=O) groups excluding carboxylic acids is 2. The Morgan fingerprint density at radius 2 is 1.95 bits per heavy atom. The van der Waals surface area contributed by atoms with Crippen molar-refractivity contribution in [2.45, 2.75) is 36.4 Å². The molecule has 0 bridgehead atoms. The number of nitrogens with one attached hydrogen (secondary N) is 1. The van der Waals surface area contributed by atoms with E-state index in [1.54, 1.807) is 40.5 Å². The summed E-state index contributed by atoms with van der Waals surface area (Å²) in [5, 5.41) is 30.8. The Kier molecular flexibility index (Phi) is 7.29. The van der Waals surface area contributed by atoms with Crippen molar-refractivity contribution in [3.8, 4) is 12.1 Å². The van der Waals surface area contributed by atoms with Crippen LogP contribution >= 0.6 is 34.4 Å². The molecule has 0 saturated carbocycles. The van der Waals surface area contributed by atoms with Crippen molar-refractivity contribution in [3.63, 3.8) is 0 Å². The van der Waals surface area contributed by atoms with Gasteiger partial charge in [0, 0.05) is 33.1 Å². The van der Waals surface area contributed by atoms with Gasteiger partial charge in [0.2, 0.25) is 11.0 Å². The maximum Gasteiger partial charge on any atom is 0.234 e. The number of hydrogen-bond acceptors (Lipinski definition) is 11. The van der Waals surface area contributed by atoms with Gasteiger partial charge in [-0.1, -0.05) is 23.1 Å². The lowest BCUT2D eigenvalue weighted by atomic mass is 9.78. The number of thioether (sulfide) groups is 1. The van der Waals surface area contributed by atoms with E-state index in [1.807, 2.05) is 25.1 Å². The number of benzene rings is 1. The quantitative estimate of drug-likeness (QED) is 0.406. The van der Waals surface area contributed by atoms with Crippen molar-refractivity contribution < 1.29 is 9.59 Å². The molecule has 0 spiro atoms. The molecule has 2 aromatic heterocycles. The molecule has 1 unspecified atom stereocenters. The van der Waals surface area contributed by atoms with Gasteiger partial charge in [-0.15, -0.1) is 21.5 Å². The average molecular weight is 560 g/mol. The van der Waals surface area contributed by atoms with Crippen LogP contribution < -0.4 is 16.0 Å². The van der Waals surface area contributed by atoms with Crippen LogP contribution in [0.25, 0.3) is 0 Å². The first-order valence-electron chi connectivity index (χ1n) is 11.7. The molecule has 3 heterocycles. The second-order valence-electron chi connectivity index (χ2n) is 8.64. The molecule has 0 radical (unpaired) electrons. The van der Waals surface area contributed by atoms with Crippen LogP contribution in [0.3, 0.4) is 0 Å². The number of thiophene rings is 1. The number of allylic oxidation sites excluding steroid dienone is 3. The highest BCUT2D eigenvalue weighted by atomic mass is 32.2. The Labute approximate surface area is 231 Å². The fourth-order valence-electron chi connectivity index (χ4n) is 4.50. The number of nitrogens with zero attached hydrogens (tertiary/aromatic N) is 5. The van der Waals surface area contributed by atoms with E-state index in [0.29, 0.717) is 51.1 Å². The molecule has 12 heteroatoms. The van der Waals surface area contributed by atoms with E-state index in [0.717, 1.165) is 15.5 Å². The number of Topliss-reactive ketones (excluding diaryl/α,β-unsaturated/α-hetero) is 1. The minimum absolute atomic E-state index is 0.0196. The lowest BCUT2D eigenvalue weighted by molar-refractivity contribution is -0.116. The average Bonchev–Trinajstić information content (AvgIpc) is 3.56. The molecule has 3 N–H and O–H groups in total. The number of ketones is 1. The Hall–Kier alpha value is -3.97. The van der Waals surface area contributed by atoms with Gasteiger partial charge in [0.1, 0.15) is 5.82 Å². The van der Waals surface area contributed by atoms with Crippen molar-refractivity contribution >= 4 is 56.9 Å². The largest absolute Gasteiger partial charge is 0.384 e. The van der Waals surface area contributed by atoms with E-state index in [-0.39, 0.29) is 23.3 Å². The molecule has 3 aromatic rings. The van der Waals surface area contributed by atoms with E-state index >= 15 is 0 Å². The number of nitriles is 2. The standard InChI is InChI=1S/C26H21N7O2S3/c1-14-5-10-20(37-14)22-17(12-28)24(29)33(18-3-2-4-19(34)23(18)22)25-31-32-26(38-25)36-13-21(35)30-16-8-6-15(11-27)7-9-16/h5-10,22H,2-4,13,29H2,1H3,(H,30,35). The van der Waals surface area contributed by atoms with Crippen LogP contribution in [0.1, 0.15) is 40.5 Å². The molecule has 0 saturated heterocycles. The van der Waals surface area contributed by atoms with Crippen LogP contribution in [-0.2, 0) is 9.59 Å². The number of nitrogens with two attached hydrogens (primary N) is 1. The molecule has 1 atom stereocenters. The van der Waals surface area contributed by atoms with Gasteiger partial charge in [0.25, 0.3) is 0 Å². The van der Waals surface area contributed by atoms with Crippen LogP contribution in [0.4, 0.5) is 10.8 Å². The first-order valence-corrected chi connectivity index (χ1v) is 14.3. The third-order valence-corrected chi connectivity index (χ3v) is 9.28. The number of aromatic nitrogens is 2. The highest BCUT2D eigenvalue weighted by Crippen LogP contribution is 2.48. The molecule has 38 heavy (non-hydrogen) atoms. The first-order chi connectivity index (χ1) is 18.4. The second kappa shape index (κ2) is 10.8. The van der Waals surface area contributed by atoms with Crippen molar-refractivity contribution in [1.29, 1.82) is 10.5 Å². The Morgan fingerprint density at radius 1 is 1.16 bits per heavy atom. The highest BCUT2D eigenvalue weighted by molar-refractivity contribution is 8.01. The normalized spacial score (nSPS) is 17.2. The number of amides is 1. The van der Waals surface area contributed by atoms with Crippen molar-refractivity contribution in [3.05, 3.63) is 74.4 Å². The van der Waals surface area contributed by atoms with Crippen LogP contribution in [-0.4, -0.2) is 27.6 Å². The third-order valence-electron chi connectivity index (χ3n) is 6.17. The summed E-state index contributed by atoms with van der Waals surface area (Å²) in [4.78, 5) is 29.3. The highest BCUT2D eigenvalue weighted by Gasteiger charge is 2.41. The monoisotopic (exact) mass is 559 g/mol. The van der Waals surface area contributed by atoms with E-state index in [2.05, 4.69) is 21.6 Å². The summed E-state index contributed by atoms with van der Waals surface area (Å²) in [5.41, 5.74) is 9.39. The van der Waals surface area contributed by atoms with Gasteiger partial charge in [-0.25, -0.2) is 0 Å². The summed E-state index contributed by atoms with van der Waals surface area (Å²) in [7, 11) is 0. The fourth-order valence-corrected chi connectivity index (χ4v) is 7.18. The number of hydrogen-bond donors (Lipinski definition) is 2. The summed E-state index contributed by atoms with van der Waals surface area (Å²) in [6.07, 6.45) is 1.75. The van der Waals surface area contributed by atoms with Gasteiger partial charge in [-0.2, -0.15) is 10.5 Å². The zero-order valence-electron chi connectivity index (χ0n) is 20.2. The number of rotatable bonds is 6. The van der Waals surface area contributed by atoms with Gasteiger partial charge >= 0.3 is 0 Å². The van der Waals surface area contributed by atoms with E-state index in [4.69, 9.17) is 11.0 Å². The maximum atomic E-state index is 13.2. The van der Waals surface area contributed by atoms with E-state index < -0.39 is 5.92 Å². The molecule has 1 aliphatic carbocycles. The Bertz CT molecular complexity index is 1570. The summed E-state index contributed by atoms with van der Waals surface area (Å²) in [5.74, 6) is -0.326. The number of aryl methyl sites for hydroxylation is 1. The molecule has 1 aromatic carbocycles. The van der Waals surface area contributed by atoms with Crippen molar-refractivity contribution in [1.82, 2.24) is 10.2 Å². The molecule has 190 valence electrons. The fraction of sp³-hybridized carbons (Fsp3) is 0.231. The van der Waals surface area contributed by atoms with Crippen LogP contribution in [0.5, 0.6) is 0 Å². The van der Waals surface area contributed by atoms with Gasteiger partial charge < -0.3 is 11.1 Å². The number of anilines is 2. The summed E-state index contributed by atoms with van der Waals surface area (Å²) >= 11 is 4.04. The zero-order valence-corrected chi connectivity index (χ0v) is 22.7. The number of carbonyl (C=O) groups is 2. The van der Waals surface area contributed by atoms with Gasteiger partial charge in [-0.05, 0) is 56.2 Å². The minimum atomic E-state index is -0.481. The van der Waals surface area contributed by atoms with Gasteiger partial charge in [0.15, 0.2) is 10.1 Å². The lowest BCUT2D eigenvalue weighted by Gasteiger charge is -2.37. The molecule has 1 amide bonds. The molecule has 2 aliphatic rings. The molecule has 0 fully saturated rings. The van der Waals surface area contributed by atoms with Gasteiger partial charge in [0.05, 0.1) is 34.9 Å². The zero-order chi connectivity index (χ0) is 26.8. The van der Waals surface area contributed by atoms with E-state index in [1.165, 1.54) is 23.1 Å². The van der Waals surface area contributed by atoms with Crippen molar-refractivity contribution in [2.24, 2.45) is 5.73 Å². The van der Waals surface area contributed by atoms with Gasteiger partial charge in [-0.3, -0.25) is 14.5 Å². The predicted molar refractivity (Wildman–Crippen MR) is 147 cm³/mol. The second-order valence-corrected chi connectivity index (χ2v) is 12.1. The van der Waals surface area contributed by atoms with Crippen LogP contribution in [0.15, 0.2) is 63.4 Å². The Morgan fingerprint density at radius 3 is 2.63 bits per heavy atom. The Balaban J connectivity index is 1.38. The third kappa shape index (κ3) is 4.94. The molecule has 1 aliphatic heterocycles. The van der Waals surface area contributed by atoms with E-state index in [9.17, 15) is 14.9 Å². The predicted octanol–water partition coefficient (Wildman–Crippen LogP) is 4.82. The summed E-state index contributed by atoms with van der Waals surface area (Å²) < 4.78 is 0.557. The van der Waals surface area contributed by atoms with Crippen LogP contribution in [0, 0.1) is 29.6 Å². The van der Waals surface area contributed by atoms with Crippen molar-refractivity contribution in [2.75, 3.05) is 16.0 Å². The SMILES string of the molecule is Cc1ccc(C2C(C#N)=C(N)N(c3nnc(SCC(=O)Nc4ccc(C#N)cc4)s3)C3=C2C(=O)CCC3)s1. The molecule has 9 nitrogen and oxygen atoms in total. The summed E-state index contributed by atoms with van der Waals surface area (Å²) in [6, 6.07) is 14.8. The molecule has 5 rings (SSSR count). The smallest absolute Gasteiger partial charge is 0.234 e. The minimum Gasteiger partial charge on any atom is -0.384 e. The maximum absolute atomic E-state index is 13.2. The topological polar surface area (TPSA) is 149 Å². The molecular formula is C26H21N7O2S3. The lowest BCUT2D eigenvalue weighted by Crippen LogP contribution is -2.38. The first kappa shape index (κ1) is 25.7. The summed E-state index contributed by atoms with van der Waals surface area (Å²) in [6.45, 7) is 1.99. The molecular weight excluding hydrogens is 539 g/mol.